The zero-order chi connectivity index (χ0) is 16.8. The predicted octanol–water partition coefficient (Wildman–Crippen LogP) is 5.74. The molecule has 1 unspecified atom stereocenters. The molecule has 22 heavy (non-hydrogen) atoms. The third-order valence-electron chi connectivity index (χ3n) is 3.25. The van der Waals surface area contributed by atoms with E-state index in [0.717, 1.165) is 37.9 Å². The summed E-state index contributed by atoms with van der Waals surface area (Å²) in [4.78, 5) is 12.0. The van der Waals surface area contributed by atoms with Gasteiger partial charge in [0.05, 0.1) is 6.61 Å². The second-order valence-corrected chi connectivity index (χ2v) is 6.76. The largest absolute Gasteiger partial charge is 0.465 e. The number of hydrogen-bond acceptors (Lipinski definition) is 3. The quantitative estimate of drug-likeness (QED) is 0.315. The van der Waals surface area contributed by atoms with Crippen LogP contribution in [-0.4, -0.2) is 29.8 Å². The van der Waals surface area contributed by atoms with Crippen LogP contribution in [0, 0.1) is 0 Å². The summed E-state index contributed by atoms with van der Waals surface area (Å²) in [5, 5.41) is -0.167. The average Bonchev–Trinajstić information content (AvgIpc) is 2.44. The summed E-state index contributed by atoms with van der Waals surface area (Å²) in [6.45, 7) is 4.57. The van der Waals surface area contributed by atoms with E-state index in [4.69, 9.17) is 4.74 Å². The minimum atomic E-state index is -4.06. The lowest BCUT2D eigenvalue weighted by atomic mass is 10.2. The first kappa shape index (κ1) is 21.6. The molecule has 132 valence electrons. The van der Waals surface area contributed by atoms with Crippen LogP contribution in [0.2, 0.25) is 0 Å². The van der Waals surface area contributed by atoms with Gasteiger partial charge in [0, 0.05) is 6.42 Å². The molecule has 1 atom stereocenters. The third-order valence-corrected chi connectivity index (χ3v) is 4.60. The molecule has 0 fully saturated rings. The van der Waals surface area contributed by atoms with Crippen molar-refractivity contribution < 1.29 is 22.7 Å². The molecular weight excluding hydrogens is 313 g/mol. The molecule has 0 bridgehead atoms. The maximum atomic E-state index is 12.0. The van der Waals surface area contributed by atoms with E-state index < -0.39 is 12.6 Å². The molecule has 0 aliphatic heterocycles. The highest BCUT2D eigenvalue weighted by molar-refractivity contribution is 8.00. The highest BCUT2D eigenvalue weighted by Crippen LogP contribution is 2.24. The van der Waals surface area contributed by atoms with Gasteiger partial charge >= 0.3 is 12.1 Å². The number of halogens is 3. The Labute approximate surface area is 136 Å². The first-order valence-corrected chi connectivity index (χ1v) is 9.30. The summed E-state index contributed by atoms with van der Waals surface area (Å²) in [6, 6.07) is 0. The van der Waals surface area contributed by atoms with Crippen LogP contribution < -0.4 is 0 Å². The molecule has 0 aliphatic carbocycles. The first-order chi connectivity index (χ1) is 10.4. The normalized spacial score (nSPS) is 13.1. The van der Waals surface area contributed by atoms with Gasteiger partial charge in [0.2, 0.25) is 0 Å². The smallest absolute Gasteiger partial charge is 0.389 e. The van der Waals surface area contributed by atoms with E-state index in [-0.39, 0.29) is 17.6 Å². The monoisotopic (exact) mass is 342 g/mol. The number of unbranched alkanes of at least 4 members (excludes halogenated alkanes) is 4. The van der Waals surface area contributed by atoms with Crippen molar-refractivity contribution in [3.8, 4) is 0 Å². The van der Waals surface area contributed by atoms with Gasteiger partial charge in [-0.1, -0.05) is 39.5 Å². The molecule has 0 amide bonds. The van der Waals surface area contributed by atoms with Crippen LogP contribution in [0.1, 0.15) is 71.6 Å². The van der Waals surface area contributed by atoms with Crippen molar-refractivity contribution in [1.29, 1.82) is 0 Å². The number of rotatable bonds is 13. The Morgan fingerprint density at radius 1 is 1.05 bits per heavy atom. The van der Waals surface area contributed by atoms with Crippen LogP contribution in [0.25, 0.3) is 0 Å². The molecule has 0 aromatic rings. The Kier molecular flexibility index (Phi) is 12.9. The molecule has 0 saturated heterocycles. The molecule has 0 aromatic heterocycles. The predicted molar refractivity (Wildman–Crippen MR) is 86.2 cm³/mol. The second kappa shape index (κ2) is 13.1. The molecule has 6 heteroatoms. The van der Waals surface area contributed by atoms with Gasteiger partial charge in [-0.2, -0.15) is 13.2 Å². The van der Waals surface area contributed by atoms with Gasteiger partial charge in [-0.25, -0.2) is 0 Å². The van der Waals surface area contributed by atoms with Crippen molar-refractivity contribution in [3.63, 3.8) is 0 Å². The van der Waals surface area contributed by atoms with Crippen molar-refractivity contribution in [2.75, 3.05) is 12.4 Å². The summed E-state index contributed by atoms with van der Waals surface area (Å²) >= 11 is 1.53. The minimum Gasteiger partial charge on any atom is -0.465 e. The molecule has 2 nitrogen and oxygen atoms in total. The fourth-order valence-electron chi connectivity index (χ4n) is 1.90. The summed E-state index contributed by atoms with van der Waals surface area (Å²) in [5.74, 6) is 0.553. The molecule has 0 aromatic carbocycles. The van der Waals surface area contributed by atoms with Gasteiger partial charge in [0.25, 0.3) is 0 Å². The maximum Gasteiger partial charge on any atom is 0.389 e. The Hall–Kier alpha value is -0.390. The van der Waals surface area contributed by atoms with Crippen molar-refractivity contribution in [1.82, 2.24) is 0 Å². The first-order valence-electron chi connectivity index (χ1n) is 8.25. The van der Waals surface area contributed by atoms with E-state index in [1.54, 1.807) is 0 Å². The molecule has 0 aliphatic rings. The van der Waals surface area contributed by atoms with Gasteiger partial charge in [0.15, 0.2) is 0 Å². The maximum absolute atomic E-state index is 12.0. The number of esters is 1. The van der Waals surface area contributed by atoms with Gasteiger partial charge in [-0.15, -0.1) is 11.8 Å². The number of hydrogen-bond donors (Lipinski definition) is 0. The Morgan fingerprint density at radius 2 is 1.73 bits per heavy atom. The molecule has 0 heterocycles. The van der Waals surface area contributed by atoms with Crippen molar-refractivity contribution in [2.45, 2.75) is 83.1 Å². The summed E-state index contributed by atoms with van der Waals surface area (Å²) < 4.78 is 41.3. The standard InChI is InChI=1S/C16H29F3O2S/c1-3-5-10-14(15(20)21-12-6-4-2)22-13-9-7-8-11-16(17,18)19/h14H,3-13H2,1-2H3. The molecule has 0 spiro atoms. The van der Waals surface area contributed by atoms with Crippen molar-refractivity contribution >= 4 is 17.7 Å². The number of carbonyl (C=O) groups excluding carboxylic acids is 1. The number of ether oxygens (including phenoxy) is 1. The lowest BCUT2D eigenvalue weighted by Gasteiger charge is -2.15. The summed E-state index contributed by atoms with van der Waals surface area (Å²) in [6.07, 6.45) is 1.30. The molecule has 0 radical (unpaired) electrons. The van der Waals surface area contributed by atoms with E-state index in [2.05, 4.69) is 6.92 Å². The highest BCUT2D eigenvalue weighted by atomic mass is 32.2. The number of alkyl halides is 3. The van der Waals surface area contributed by atoms with Crippen molar-refractivity contribution in [3.05, 3.63) is 0 Å². The zero-order valence-corrected chi connectivity index (χ0v) is 14.5. The topological polar surface area (TPSA) is 26.3 Å². The fourth-order valence-corrected chi connectivity index (χ4v) is 3.09. The van der Waals surface area contributed by atoms with Crippen LogP contribution in [0.3, 0.4) is 0 Å². The number of thioether (sulfide) groups is 1. The SMILES string of the molecule is CCCCOC(=O)C(CCCC)SCCCCCC(F)(F)F. The average molecular weight is 342 g/mol. The van der Waals surface area contributed by atoms with Gasteiger partial charge in [0.1, 0.15) is 5.25 Å². The van der Waals surface area contributed by atoms with Crippen LogP contribution >= 0.6 is 11.8 Å². The highest BCUT2D eigenvalue weighted by Gasteiger charge is 2.26. The number of carbonyl (C=O) groups is 1. The summed E-state index contributed by atoms with van der Waals surface area (Å²) in [7, 11) is 0. The summed E-state index contributed by atoms with van der Waals surface area (Å²) in [5.41, 5.74) is 0. The Morgan fingerprint density at radius 3 is 2.32 bits per heavy atom. The third kappa shape index (κ3) is 13.3. The van der Waals surface area contributed by atoms with E-state index in [0.29, 0.717) is 19.4 Å². The van der Waals surface area contributed by atoms with Crippen LogP contribution in [-0.2, 0) is 9.53 Å². The lowest BCUT2D eigenvalue weighted by molar-refractivity contribution is -0.143. The van der Waals surface area contributed by atoms with Gasteiger partial charge in [-0.3, -0.25) is 4.79 Å². The van der Waals surface area contributed by atoms with E-state index in [1.165, 1.54) is 11.8 Å². The lowest BCUT2D eigenvalue weighted by Crippen LogP contribution is -2.21. The van der Waals surface area contributed by atoms with E-state index in [9.17, 15) is 18.0 Å². The minimum absolute atomic E-state index is 0.165. The zero-order valence-electron chi connectivity index (χ0n) is 13.7. The van der Waals surface area contributed by atoms with Gasteiger partial charge in [-0.05, 0) is 31.4 Å². The van der Waals surface area contributed by atoms with Crippen LogP contribution in [0.15, 0.2) is 0 Å². The Bertz CT molecular complexity index is 283. The van der Waals surface area contributed by atoms with Crippen molar-refractivity contribution in [2.24, 2.45) is 0 Å². The van der Waals surface area contributed by atoms with Crippen LogP contribution in [0.4, 0.5) is 13.2 Å². The van der Waals surface area contributed by atoms with Gasteiger partial charge < -0.3 is 4.74 Å². The fraction of sp³-hybridized carbons (Fsp3) is 0.938. The molecule has 0 saturated carbocycles. The molecular formula is C16H29F3O2S. The van der Waals surface area contributed by atoms with E-state index in [1.807, 2.05) is 6.92 Å². The Balaban J connectivity index is 3.90. The molecule has 0 rings (SSSR count). The van der Waals surface area contributed by atoms with Crippen LogP contribution in [0.5, 0.6) is 0 Å². The van der Waals surface area contributed by atoms with E-state index >= 15 is 0 Å². The molecule has 0 N–H and O–H groups in total. The second-order valence-electron chi connectivity index (χ2n) is 5.45.